The molecule has 0 atom stereocenters. The normalized spacial score (nSPS) is 10.5. The molecule has 0 saturated carbocycles. The SMILES string of the molecule is CCCNCCNC(=O)c1cncc(-c2ccc(Cl)cc2)c1. The van der Waals surface area contributed by atoms with E-state index in [0.29, 0.717) is 17.1 Å². The van der Waals surface area contributed by atoms with Crippen LogP contribution in [0.15, 0.2) is 42.7 Å². The van der Waals surface area contributed by atoms with E-state index >= 15 is 0 Å². The topological polar surface area (TPSA) is 54.0 Å². The second-order valence-corrected chi connectivity index (χ2v) is 5.41. The van der Waals surface area contributed by atoms with Gasteiger partial charge in [0.15, 0.2) is 0 Å². The van der Waals surface area contributed by atoms with Crippen molar-refractivity contribution in [2.45, 2.75) is 13.3 Å². The molecule has 0 bridgehead atoms. The fourth-order valence-corrected chi connectivity index (χ4v) is 2.16. The number of pyridine rings is 1. The van der Waals surface area contributed by atoms with E-state index in [1.54, 1.807) is 12.4 Å². The number of amides is 1. The van der Waals surface area contributed by atoms with Crippen molar-refractivity contribution >= 4 is 17.5 Å². The van der Waals surface area contributed by atoms with Crippen LogP contribution < -0.4 is 10.6 Å². The van der Waals surface area contributed by atoms with Gasteiger partial charge in [-0.2, -0.15) is 0 Å². The molecule has 2 rings (SSSR count). The summed E-state index contributed by atoms with van der Waals surface area (Å²) in [6, 6.07) is 9.31. The summed E-state index contributed by atoms with van der Waals surface area (Å²) in [5.41, 5.74) is 2.44. The van der Waals surface area contributed by atoms with Gasteiger partial charge >= 0.3 is 0 Å². The first-order valence-electron chi connectivity index (χ1n) is 7.40. The molecule has 0 spiro atoms. The van der Waals surface area contributed by atoms with Crippen LogP contribution in [0.1, 0.15) is 23.7 Å². The molecule has 1 amide bonds. The molecular formula is C17H20ClN3O. The Kier molecular flexibility index (Phi) is 6.37. The lowest BCUT2D eigenvalue weighted by atomic mass is 10.1. The highest BCUT2D eigenvalue weighted by Gasteiger charge is 2.07. The summed E-state index contributed by atoms with van der Waals surface area (Å²) >= 11 is 5.89. The molecule has 4 nitrogen and oxygen atoms in total. The number of carbonyl (C=O) groups is 1. The summed E-state index contributed by atoms with van der Waals surface area (Å²) in [6.07, 6.45) is 4.40. The van der Waals surface area contributed by atoms with Crippen molar-refractivity contribution < 1.29 is 4.79 Å². The minimum atomic E-state index is -0.110. The van der Waals surface area contributed by atoms with Crippen LogP contribution in [-0.2, 0) is 0 Å². The lowest BCUT2D eigenvalue weighted by Crippen LogP contribution is -2.32. The first-order chi connectivity index (χ1) is 10.7. The second kappa shape index (κ2) is 8.51. The fourth-order valence-electron chi connectivity index (χ4n) is 2.03. The summed E-state index contributed by atoms with van der Waals surface area (Å²) in [6.45, 7) is 4.44. The van der Waals surface area contributed by atoms with Crippen molar-refractivity contribution in [1.29, 1.82) is 0 Å². The number of aromatic nitrogens is 1. The van der Waals surface area contributed by atoms with Crippen molar-refractivity contribution in [1.82, 2.24) is 15.6 Å². The zero-order valence-electron chi connectivity index (χ0n) is 12.6. The van der Waals surface area contributed by atoms with Crippen molar-refractivity contribution in [3.05, 3.63) is 53.3 Å². The van der Waals surface area contributed by atoms with Gasteiger partial charge in [-0.3, -0.25) is 9.78 Å². The number of benzene rings is 1. The van der Waals surface area contributed by atoms with Gasteiger partial charge in [0, 0.05) is 36.1 Å². The predicted octanol–water partition coefficient (Wildman–Crippen LogP) is 3.13. The number of nitrogens with zero attached hydrogens (tertiary/aromatic N) is 1. The number of hydrogen-bond donors (Lipinski definition) is 2. The molecular weight excluding hydrogens is 298 g/mol. The first-order valence-corrected chi connectivity index (χ1v) is 7.78. The van der Waals surface area contributed by atoms with Gasteiger partial charge in [0.1, 0.15) is 0 Å². The summed E-state index contributed by atoms with van der Waals surface area (Å²) < 4.78 is 0. The third-order valence-electron chi connectivity index (χ3n) is 3.19. The minimum absolute atomic E-state index is 0.110. The van der Waals surface area contributed by atoms with Gasteiger partial charge < -0.3 is 10.6 Å². The Morgan fingerprint density at radius 2 is 1.86 bits per heavy atom. The minimum Gasteiger partial charge on any atom is -0.351 e. The summed E-state index contributed by atoms with van der Waals surface area (Å²) in [5, 5.41) is 6.81. The van der Waals surface area contributed by atoms with E-state index in [-0.39, 0.29) is 5.91 Å². The highest BCUT2D eigenvalue weighted by molar-refractivity contribution is 6.30. The van der Waals surface area contributed by atoms with Crippen molar-refractivity contribution in [2.24, 2.45) is 0 Å². The number of carbonyl (C=O) groups excluding carboxylic acids is 1. The molecule has 22 heavy (non-hydrogen) atoms. The highest BCUT2D eigenvalue weighted by atomic mass is 35.5. The van der Waals surface area contributed by atoms with Crippen molar-refractivity contribution in [3.8, 4) is 11.1 Å². The Hall–Kier alpha value is -1.91. The van der Waals surface area contributed by atoms with Gasteiger partial charge in [-0.1, -0.05) is 30.7 Å². The molecule has 0 aliphatic carbocycles. The molecule has 116 valence electrons. The average Bonchev–Trinajstić information content (AvgIpc) is 2.55. The molecule has 5 heteroatoms. The Morgan fingerprint density at radius 1 is 1.09 bits per heavy atom. The van der Waals surface area contributed by atoms with Crippen LogP contribution in [0.4, 0.5) is 0 Å². The van der Waals surface area contributed by atoms with Gasteiger partial charge in [-0.25, -0.2) is 0 Å². The van der Waals surface area contributed by atoms with Gasteiger partial charge in [0.25, 0.3) is 5.91 Å². The van der Waals surface area contributed by atoms with E-state index in [4.69, 9.17) is 11.6 Å². The Bertz CT molecular complexity index is 614. The summed E-state index contributed by atoms with van der Waals surface area (Å²) in [4.78, 5) is 16.3. The zero-order valence-corrected chi connectivity index (χ0v) is 13.4. The zero-order chi connectivity index (χ0) is 15.8. The van der Waals surface area contributed by atoms with E-state index in [1.165, 1.54) is 0 Å². The molecule has 1 heterocycles. The predicted molar refractivity (Wildman–Crippen MR) is 90.2 cm³/mol. The standard InChI is InChI=1S/C17H20ClN3O/c1-2-7-19-8-9-21-17(22)15-10-14(11-20-12-15)13-3-5-16(18)6-4-13/h3-6,10-12,19H,2,7-9H2,1H3,(H,21,22). The van der Waals surface area contributed by atoms with Crippen LogP contribution in [0.25, 0.3) is 11.1 Å². The van der Waals surface area contributed by atoms with Gasteiger partial charge in [-0.05, 0) is 36.7 Å². The number of hydrogen-bond acceptors (Lipinski definition) is 3. The van der Waals surface area contributed by atoms with Crippen LogP contribution in [0.5, 0.6) is 0 Å². The van der Waals surface area contributed by atoms with Crippen LogP contribution in [0.2, 0.25) is 5.02 Å². The molecule has 0 radical (unpaired) electrons. The van der Waals surface area contributed by atoms with Crippen LogP contribution in [-0.4, -0.2) is 30.5 Å². The van der Waals surface area contributed by atoms with Crippen LogP contribution in [0.3, 0.4) is 0 Å². The third-order valence-corrected chi connectivity index (χ3v) is 3.44. The monoisotopic (exact) mass is 317 g/mol. The molecule has 0 aliphatic heterocycles. The Labute approximate surface area is 135 Å². The quantitative estimate of drug-likeness (QED) is 0.771. The molecule has 0 aliphatic rings. The number of rotatable bonds is 7. The van der Waals surface area contributed by atoms with Crippen LogP contribution >= 0.6 is 11.6 Å². The van der Waals surface area contributed by atoms with Gasteiger partial charge in [0.05, 0.1) is 5.56 Å². The lowest BCUT2D eigenvalue weighted by Gasteiger charge is -2.07. The maximum absolute atomic E-state index is 12.1. The molecule has 2 N–H and O–H groups in total. The lowest BCUT2D eigenvalue weighted by molar-refractivity contribution is 0.0953. The van der Waals surface area contributed by atoms with Crippen molar-refractivity contribution in [3.63, 3.8) is 0 Å². The maximum Gasteiger partial charge on any atom is 0.252 e. The Morgan fingerprint density at radius 3 is 2.59 bits per heavy atom. The number of halogens is 1. The van der Waals surface area contributed by atoms with E-state index in [0.717, 1.165) is 30.6 Å². The van der Waals surface area contributed by atoms with E-state index < -0.39 is 0 Å². The second-order valence-electron chi connectivity index (χ2n) is 4.98. The third kappa shape index (κ3) is 4.83. The van der Waals surface area contributed by atoms with E-state index in [9.17, 15) is 4.79 Å². The van der Waals surface area contributed by atoms with E-state index in [1.807, 2.05) is 30.3 Å². The Balaban J connectivity index is 1.98. The molecule has 0 unspecified atom stereocenters. The van der Waals surface area contributed by atoms with Gasteiger partial charge in [-0.15, -0.1) is 0 Å². The molecule has 2 aromatic rings. The maximum atomic E-state index is 12.1. The van der Waals surface area contributed by atoms with E-state index in [2.05, 4.69) is 22.5 Å². The van der Waals surface area contributed by atoms with Crippen molar-refractivity contribution in [2.75, 3.05) is 19.6 Å². The summed E-state index contributed by atoms with van der Waals surface area (Å²) in [5.74, 6) is -0.110. The average molecular weight is 318 g/mol. The largest absolute Gasteiger partial charge is 0.351 e. The highest BCUT2D eigenvalue weighted by Crippen LogP contribution is 2.21. The summed E-state index contributed by atoms with van der Waals surface area (Å²) in [7, 11) is 0. The van der Waals surface area contributed by atoms with Crippen LogP contribution in [0, 0.1) is 0 Å². The molecule has 0 fully saturated rings. The smallest absolute Gasteiger partial charge is 0.252 e. The number of nitrogens with one attached hydrogen (secondary N) is 2. The fraction of sp³-hybridized carbons (Fsp3) is 0.294. The molecule has 0 saturated heterocycles. The van der Waals surface area contributed by atoms with Gasteiger partial charge in [0.2, 0.25) is 0 Å². The molecule has 1 aromatic carbocycles. The molecule has 1 aromatic heterocycles. The first kappa shape index (κ1) is 16.5.